The fourth-order valence-electron chi connectivity index (χ4n) is 6.52. The van der Waals surface area contributed by atoms with Crippen LogP contribution >= 0.6 is 11.3 Å². The largest absolute Gasteiger partial charge is 0.456 e. The molecule has 0 N–H and O–H groups in total. The summed E-state index contributed by atoms with van der Waals surface area (Å²) in [5.74, 6) is 0.698. The molecule has 0 amide bonds. The van der Waals surface area contributed by atoms with E-state index in [0.29, 0.717) is 28.3 Å². The Kier molecular flexibility index (Phi) is 5.35. The molecular weight excluding hydrogens is 631 g/mol. The van der Waals surface area contributed by atoms with Gasteiger partial charge in [0.25, 0.3) is 0 Å². The minimum absolute atomic E-state index is 0.0232. The molecule has 10 rings (SSSR count). The van der Waals surface area contributed by atoms with Crippen LogP contribution in [-0.2, 0) is 0 Å². The van der Waals surface area contributed by atoms with E-state index in [4.69, 9.17) is 23.5 Å². The molecule has 0 aliphatic rings. The van der Waals surface area contributed by atoms with Crippen LogP contribution < -0.4 is 0 Å². The number of aromatic nitrogens is 3. The van der Waals surface area contributed by atoms with Crippen molar-refractivity contribution in [3.05, 3.63) is 164 Å². The summed E-state index contributed by atoms with van der Waals surface area (Å²) in [6, 6.07) is 39.4. The predicted octanol–water partition coefficient (Wildman–Crippen LogP) is 12.5. The lowest BCUT2D eigenvalue weighted by Gasteiger charge is -2.10. The maximum atomic E-state index is 9.54. The van der Waals surface area contributed by atoms with Crippen LogP contribution in [0.1, 0.15) is 8.22 Å². The molecule has 0 aliphatic heterocycles. The molecule has 0 bridgehead atoms. The van der Waals surface area contributed by atoms with Gasteiger partial charge >= 0.3 is 0 Å². The van der Waals surface area contributed by atoms with E-state index in [1.54, 1.807) is 35.6 Å². The van der Waals surface area contributed by atoms with Gasteiger partial charge in [0.2, 0.25) is 0 Å². The highest BCUT2D eigenvalue weighted by Gasteiger charge is 2.19. The van der Waals surface area contributed by atoms with E-state index in [1.807, 2.05) is 84.9 Å². The number of furan rings is 1. The predicted molar refractivity (Wildman–Crippen MR) is 207 cm³/mol. The van der Waals surface area contributed by atoms with Crippen molar-refractivity contribution >= 4 is 53.4 Å². The summed E-state index contributed by atoms with van der Waals surface area (Å²) in [7, 11) is 0. The van der Waals surface area contributed by atoms with Gasteiger partial charge in [-0.1, -0.05) is 133 Å². The zero-order valence-corrected chi connectivity index (χ0v) is 27.1. The van der Waals surface area contributed by atoms with Crippen LogP contribution in [0.2, 0.25) is 0 Å². The SMILES string of the molecule is [2H]c1c([2H])c(-c2ccccc2)c2c(oc3c([2H])c(-c4nc(-c5ccc(-c6ccccc6)cc5)nc(-c5cccc6sc7ccccc7c56)n4)c([2H])c([2H])c32)c1[2H]. The maximum absolute atomic E-state index is 9.54. The van der Waals surface area contributed by atoms with Crippen LogP contribution in [0.3, 0.4) is 0 Å². The Morgan fingerprint density at radius 3 is 1.92 bits per heavy atom. The maximum Gasteiger partial charge on any atom is 0.164 e. The number of fused-ring (bicyclic) bond motifs is 6. The van der Waals surface area contributed by atoms with Crippen LogP contribution in [-0.4, -0.2) is 15.0 Å². The summed E-state index contributed by atoms with van der Waals surface area (Å²) in [4.78, 5) is 14.9. The van der Waals surface area contributed by atoms with E-state index in [9.17, 15) is 4.11 Å². The molecule has 50 heavy (non-hydrogen) atoms. The number of benzene rings is 7. The molecule has 10 aromatic rings. The molecule has 0 fully saturated rings. The lowest BCUT2D eigenvalue weighted by atomic mass is 9.99. The Hall–Kier alpha value is -6.43. The summed E-state index contributed by atoms with van der Waals surface area (Å²) in [6.07, 6.45) is 0. The number of hydrogen-bond donors (Lipinski definition) is 0. The average molecular weight is 664 g/mol. The van der Waals surface area contributed by atoms with Crippen molar-refractivity contribution in [2.24, 2.45) is 0 Å². The van der Waals surface area contributed by atoms with Crippen LogP contribution in [0, 0.1) is 0 Å². The van der Waals surface area contributed by atoms with Gasteiger partial charge in [0.05, 0.1) is 8.22 Å². The summed E-state index contributed by atoms with van der Waals surface area (Å²) in [5, 5.41) is 2.42. The third-order valence-corrected chi connectivity index (χ3v) is 10.0. The number of hydrogen-bond acceptors (Lipinski definition) is 5. The molecule has 7 aromatic carbocycles. The third kappa shape index (κ3) is 4.79. The zero-order valence-electron chi connectivity index (χ0n) is 32.3. The zero-order chi connectivity index (χ0) is 38.2. The van der Waals surface area contributed by atoms with E-state index in [0.717, 1.165) is 36.9 Å². The highest BCUT2D eigenvalue weighted by atomic mass is 32.1. The topological polar surface area (TPSA) is 51.8 Å². The molecular formula is C45H27N3OS. The molecule has 234 valence electrons. The summed E-state index contributed by atoms with van der Waals surface area (Å²) >= 11 is 1.67. The van der Waals surface area contributed by atoms with Gasteiger partial charge in [-0.2, -0.15) is 0 Å². The molecule has 0 spiro atoms. The molecule has 0 unspecified atom stereocenters. The van der Waals surface area contributed by atoms with E-state index < -0.39 is 0 Å². The summed E-state index contributed by atoms with van der Waals surface area (Å²) < 4.78 is 62.9. The van der Waals surface area contributed by atoms with Gasteiger partial charge in [-0.15, -0.1) is 11.3 Å². The van der Waals surface area contributed by atoms with Gasteiger partial charge in [0, 0.05) is 47.6 Å². The second-order valence-corrected chi connectivity index (χ2v) is 13.0. The molecule has 3 heterocycles. The first-order valence-corrected chi connectivity index (χ1v) is 16.9. The lowest BCUT2D eigenvalue weighted by Crippen LogP contribution is -2.00. The molecule has 0 radical (unpaired) electrons. The Morgan fingerprint density at radius 1 is 0.440 bits per heavy atom. The molecule has 4 nitrogen and oxygen atoms in total. The highest BCUT2D eigenvalue weighted by Crippen LogP contribution is 2.41. The first-order chi connectivity index (χ1) is 27.3. The standard InChI is InChI=1S/C45H27N3OS/c1-3-11-28(12-4-1)29-21-23-31(24-22-29)43-46-44(48-45(47-43)36-17-10-20-40-42(36)35-15-7-8-19-39(35)50-40)32-25-26-34-38(27-32)49-37-18-9-16-33(41(34)37)30-13-5-2-6-14-30/h1-27H/i9D,16D,18D,25D,26D,27D. The van der Waals surface area contributed by atoms with Crippen molar-refractivity contribution in [2.75, 3.05) is 0 Å². The second-order valence-electron chi connectivity index (χ2n) is 11.9. The fourth-order valence-corrected chi connectivity index (χ4v) is 7.65. The molecule has 0 saturated carbocycles. The van der Waals surface area contributed by atoms with Crippen molar-refractivity contribution in [2.45, 2.75) is 0 Å². The van der Waals surface area contributed by atoms with Crippen molar-refractivity contribution < 1.29 is 12.6 Å². The lowest BCUT2D eigenvalue weighted by molar-refractivity contribution is 0.669. The van der Waals surface area contributed by atoms with Crippen molar-refractivity contribution in [1.29, 1.82) is 0 Å². The van der Waals surface area contributed by atoms with Gasteiger partial charge in [-0.05, 0) is 52.5 Å². The van der Waals surface area contributed by atoms with Gasteiger partial charge in [0.1, 0.15) is 11.2 Å². The number of nitrogens with zero attached hydrogens (tertiary/aromatic N) is 3. The van der Waals surface area contributed by atoms with Crippen molar-refractivity contribution in [1.82, 2.24) is 15.0 Å². The number of rotatable bonds is 5. The van der Waals surface area contributed by atoms with Gasteiger partial charge in [0.15, 0.2) is 17.5 Å². The molecule has 0 saturated heterocycles. The normalized spacial score (nSPS) is 13.3. The van der Waals surface area contributed by atoms with Gasteiger partial charge in [-0.3, -0.25) is 0 Å². The van der Waals surface area contributed by atoms with Gasteiger partial charge in [-0.25, -0.2) is 15.0 Å². The molecule has 0 aliphatic carbocycles. The first-order valence-electron chi connectivity index (χ1n) is 19.1. The van der Waals surface area contributed by atoms with Crippen molar-refractivity contribution in [3.8, 4) is 56.4 Å². The smallest absolute Gasteiger partial charge is 0.164 e. The van der Waals surface area contributed by atoms with Gasteiger partial charge < -0.3 is 4.42 Å². The Labute approximate surface area is 300 Å². The first kappa shape index (κ1) is 23.0. The minimum atomic E-state index is -0.333. The summed E-state index contributed by atoms with van der Waals surface area (Å²) in [6.45, 7) is 0. The van der Waals surface area contributed by atoms with Crippen LogP contribution in [0.5, 0.6) is 0 Å². The summed E-state index contributed by atoms with van der Waals surface area (Å²) in [5.41, 5.74) is 4.34. The highest BCUT2D eigenvalue weighted by molar-refractivity contribution is 7.25. The van der Waals surface area contributed by atoms with E-state index >= 15 is 0 Å². The van der Waals surface area contributed by atoms with Crippen molar-refractivity contribution in [3.63, 3.8) is 0 Å². The Bertz CT molecular complexity index is 3200. The van der Waals surface area contributed by atoms with Crippen LogP contribution in [0.4, 0.5) is 0 Å². The minimum Gasteiger partial charge on any atom is -0.456 e. The van der Waals surface area contributed by atoms with E-state index in [1.165, 1.54) is 0 Å². The van der Waals surface area contributed by atoms with E-state index in [2.05, 4.69) is 18.2 Å². The molecule has 0 atom stereocenters. The Balaban J connectivity index is 1.25. The third-order valence-electron chi connectivity index (χ3n) is 8.89. The molecule has 5 heteroatoms. The fraction of sp³-hybridized carbons (Fsp3) is 0. The monoisotopic (exact) mass is 663 g/mol. The van der Waals surface area contributed by atoms with Crippen LogP contribution in [0.15, 0.2) is 168 Å². The Morgan fingerprint density at radius 2 is 1.10 bits per heavy atom. The number of thiophene rings is 1. The quantitative estimate of drug-likeness (QED) is 0.184. The average Bonchev–Trinajstić information content (AvgIpc) is 3.83. The van der Waals surface area contributed by atoms with Crippen LogP contribution in [0.25, 0.3) is 98.5 Å². The molecule has 3 aromatic heterocycles. The second kappa shape index (κ2) is 11.6. The van der Waals surface area contributed by atoms with E-state index in [-0.39, 0.29) is 69.6 Å².